The molecule has 4 aromatic heterocycles. The first-order chi connectivity index (χ1) is 37.3. The molecular weight excluding hydrogens is 1020 g/mol. The molecule has 1 saturated heterocycles. The summed E-state index contributed by atoms with van der Waals surface area (Å²) in [7, 11) is 7.18. The van der Waals surface area contributed by atoms with Gasteiger partial charge in [-0.3, -0.25) is 20.2 Å². The number of hydrogen-bond acceptors (Lipinski definition) is 9. The number of hydrogen-bond donors (Lipinski definition) is 6. The second-order valence-corrected chi connectivity index (χ2v) is 19.0. The highest BCUT2D eigenvalue weighted by atomic mass is 35.5. The van der Waals surface area contributed by atoms with Crippen molar-refractivity contribution in [3.05, 3.63) is 165 Å². The zero-order valence-electron chi connectivity index (χ0n) is 43.7. The smallest absolute Gasteiger partial charge is 0.323 e. The van der Waals surface area contributed by atoms with Gasteiger partial charge in [-0.05, 0) is 107 Å². The van der Waals surface area contributed by atoms with E-state index in [4.69, 9.17) is 11.6 Å². The van der Waals surface area contributed by atoms with E-state index in [9.17, 15) is 37.5 Å². The van der Waals surface area contributed by atoms with Crippen molar-refractivity contribution in [3.8, 4) is 22.3 Å². The number of nitrogens with zero attached hydrogens (tertiary/aromatic N) is 7. The molecule has 0 bridgehead atoms. The molecule has 1 aliphatic rings. The lowest BCUT2D eigenvalue weighted by atomic mass is 9.99. The molecule has 8 amide bonds. The van der Waals surface area contributed by atoms with Crippen LogP contribution in [0, 0.1) is 18.6 Å². The number of aromatic nitrogens is 4. The molecule has 0 saturated carbocycles. The fourth-order valence-corrected chi connectivity index (χ4v) is 8.83. The van der Waals surface area contributed by atoms with E-state index in [0.717, 1.165) is 6.07 Å². The number of aryl methyl sites for hydroxylation is 3. The number of pyridine rings is 4. The van der Waals surface area contributed by atoms with Gasteiger partial charge in [0.25, 0.3) is 11.1 Å². The van der Waals surface area contributed by atoms with E-state index >= 15 is 0 Å². The van der Waals surface area contributed by atoms with Crippen molar-refractivity contribution < 1.29 is 28.0 Å². The third-order valence-corrected chi connectivity index (χ3v) is 13.2. The maximum Gasteiger partial charge on any atom is 0.323 e. The summed E-state index contributed by atoms with van der Waals surface area (Å²) in [6.07, 6.45) is 3.13. The van der Waals surface area contributed by atoms with Crippen LogP contribution in [0.3, 0.4) is 0 Å². The number of carbonyl (C=O) groups is 4. The van der Waals surface area contributed by atoms with Gasteiger partial charge >= 0.3 is 24.1 Å². The third kappa shape index (κ3) is 12.4. The molecule has 0 aliphatic carbocycles. The topological polar surface area (TPSA) is 220 Å². The molecule has 22 heteroatoms. The number of anilines is 6. The number of halogens is 3. The Labute approximate surface area is 451 Å². The Hall–Kier alpha value is -9.21. The van der Waals surface area contributed by atoms with Crippen molar-refractivity contribution in [2.45, 2.75) is 39.9 Å². The second kappa shape index (κ2) is 23.8. The van der Waals surface area contributed by atoms with Crippen LogP contribution in [0.2, 0.25) is 5.02 Å². The van der Waals surface area contributed by atoms with Crippen LogP contribution >= 0.6 is 11.6 Å². The van der Waals surface area contributed by atoms with Gasteiger partial charge in [0.05, 0.1) is 27.4 Å². The van der Waals surface area contributed by atoms with Crippen LogP contribution in [-0.4, -0.2) is 105 Å². The van der Waals surface area contributed by atoms with Crippen LogP contribution in [0.4, 0.5) is 62.3 Å². The zero-order chi connectivity index (χ0) is 55.9. The Morgan fingerprint density at radius 2 is 1.06 bits per heavy atom. The molecule has 9 rings (SSSR count). The Morgan fingerprint density at radius 3 is 1.54 bits per heavy atom. The van der Waals surface area contributed by atoms with E-state index in [1.54, 1.807) is 122 Å². The number of para-hydroxylation sites is 2. The van der Waals surface area contributed by atoms with Crippen molar-refractivity contribution in [3.63, 3.8) is 0 Å². The standard InChI is InChI=1S/C29H29ClFN7O3.C27H27FN6O3/c1-4-38-25-13-26(35-29(41)37-15-19(16-37)36(2)3)32-14-17(25)10-21(27(38)39)20-11-24(23(31)12-22(20)30)34-28(40)33-18-8-6-5-7-9-18;1-5-34-23-14-24(32-27(37)33(3)4)29-15-17(23)12-20(25(34)35)19-13-22(21(28)11-16(19)2)31-26(36)30-18-9-7-6-8-10-18/h5-14,19H,4,15-16H2,1-3H3,(H,32,35,41)(H2,33,34,40);6-15H,5H2,1-4H3,(H,29,32,37)(H2,30,31,36). The van der Waals surface area contributed by atoms with Crippen molar-refractivity contribution in [2.24, 2.45) is 0 Å². The molecule has 0 atom stereocenters. The predicted octanol–water partition coefficient (Wildman–Crippen LogP) is 10.6. The number of amides is 8. The molecule has 8 aromatic rings. The first-order valence-corrected chi connectivity index (χ1v) is 25.0. The fraction of sp³-hybridized carbons (Fsp3) is 0.214. The number of urea groups is 4. The number of rotatable bonds is 11. The molecule has 1 fully saturated rings. The van der Waals surface area contributed by atoms with Crippen LogP contribution < -0.4 is 43.0 Å². The molecule has 19 nitrogen and oxygen atoms in total. The lowest BCUT2D eigenvalue weighted by molar-refractivity contribution is 0.0942. The quantitative estimate of drug-likeness (QED) is 0.0725. The van der Waals surface area contributed by atoms with Crippen LogP contribution in [0.25, 0.3) is 44.1 Å². The van der Waals surface area contributed by atoms with Crippen LogP contribution in [0.1, 0.15) is 19.4 Å². The minimum Gasteiger partial charge on any atom is -0.331 e. The van der Waals surface area contributed by atoms with Gasteiger partial charge in [-0.15, -0.1) is 0 Å². The minimum absolute atomic E-state index is 0.0121. The molecular formula is C56H56ClF2N13O6. The summed E-state index contributed by atoms with van der Waals surface area (Å²) in [5, 5.41) is 17.1. The van der Waals surface area contributed by atoms with E-state index in [0.29, 0.717) is 93.7 Å². The fourth-order valence-electron chi connectivity index (χ4n) is 8.58. The van der Waals surface area contributed by atoms with E-state index in [2.05, 4.69) is 46.8 Å². The number of carbonyl (C=O) groups excluding carboxylic acids is 4. The Bertz CT molecular complexity index is 3720. The summed E-state index contributed by atoms with van der Waals surface area (Å²) < 4.78 is 32.7. The zero-order valence-corrected chi connectivity index (χ0v) is 44.4. The van der Waals surface area contributed by atoms with Crippen molar-refractivity contribution >= 4 is 91.9 Å². The monoisotopic (exact) mass is 1080 g/mol. The van der Waals surface area contributed by atoms with Crippen molar-refractivity contribution in [2.75, 3.05) is 73.2 Å². The van der Waals surface area contributed by atoms with Gasteiger partial charge < -0.3 is 45.1 Å². The highest BCUT2D eigenvalue weighted by Crippen LogP contribution is 2.34. The highest BCUT2D eigenvalue weighted by molar-refractivity contribution is 6.33. The molecule has 0 unspecified atom stereocenters. The Balaban J connectivity index is 0.000000207. The lowest BCUT2D eigenvalue weighted by Gasteiger charge is -2.42. The highest BCUT2D eigenvalue weighted by Gasteiger charge is 2.32. The molecule has 0 spiro atoms. The van der Waals surface area contributed by atoms with Gasteiger partial charge in [0.15, 0.2) is 0 Å². The minimum atomic E-state index is -0.750. The summed E-state index contributed by atoms with van der Waals surface area (Å²) >= 11 is 6.39. The van der Waals surface area contributed by atoms with Crippen molar-refractivity contribution in [1.82, 2.24) is 33.8 Å². The van der Waals surface area contributed by atoms with Gasteiger partial charge in [-0.2, -0.15) is 0 Å². The normalized spacial score (nSPS) is 12.1. The SMILES string of the molecule is CCn1c(=O)c(-c2cc(NC(=O)Nc3ccccc3)c(F)cc2C)cc2cnc(NC(=O)N(C)C)cc21.CCn1c(=O)c(-c2cc(NC(=O)Nc3ccccc3)c(F)cc2Cl)cc2cnc(NC(=O)N3CC(N(C)C)C3)cc21. The second-order valence-electron chi connectivity index (χ2n) is 18.6. The summed E-state index contributed by atoms with van der Waals surface area (Å²) in [5.41, 5.74) is 3.22. The van der Waals surface area contributed by atoms with Crippen LogP contribution in [-0.2, 0) is 13.1 Å². The average molecular weight is 1080 g/mol. The maximum absolute atomic E-state index is 14.8. The average Bonchev–Trinajstić information content (AvgIpc) is 3.45. The van der Waals surface area contributed by atoms with E-state index in [-0.39, 0.29) is 50.7 Å². The third-order valence-electron chi connectivity index (χ3n) is 12.9. The van der Waals surface area contributed by atoms with E-state index in [1.807, 2.05) is 34.0 Å². The van der Waals surface area contributed by atoms with E-state index in [1.165, 1.54) is 27.7 Å². The number of likely N-dealkylation sites (tertiary alicyclic amines) is 1. The van der Waals surface area contributed by atoms with Crippen LogP contribution in [0.5, 0.6) is 0 Å². The number of nitrogens with one attached hydrogen (secondary N) is 6. The number of benzene rings is 4. The Morgan fingerprint density at radius 1 is 0.603 bits per heavy atom. The Kier molecular flexibility index (Phi) is 16.8. The predicted molar refractivity (Wildman–Crippen MR) is 303 cm³/mol. The molecule has 4 aromatic carbocycles. The van der Waals surface area contributed by atoms with Gasteiger partial charge in [-0.1, -0.05) is 48.0 Å². The molecule has 402 valence electrons. The summed E-state index contributed by atoms with van der Waals surface area (Å²) in [6.45, 7) is 7.28. The lowest BCUT2D eigenvalue weighted by Crippen LogP contribution is -2.60. The first kappa shape index (κ1) is 55.0. The molecule has 5 heterocycles. The van der Waals surface area contributed by atoms with Gasteiger partial charge in [-0.25, -0.2) is 37.9 Å². The maximum atomic E-state index is 14.8. The molecule has 1 aliphatic heterocycles. The summed E-state index contributed by atoms with van der Waals surface area (Å²) in [4.78, 5) is 90.6. The van der Waals surface area contributed by atoms with Gasteiger partial charge in [0.2, 0.25) is 0 Å². The molecule has 6 N–H and O–H groups in total. The molecule has 0 radical (unpaired) electrons. The van der Waals surface area contributed by atoms with Crippen molar-refractivity contribution in [1.29, 1.82) is 0 Å². The number of fused-ring (bicyclic) bond motifs is 2. The van der Waals surface area contributed by atoms with E-state index < -0.39 is 23.7 Å². The number of likely N-dealkylation sites (N-methyl/N-ethyl adjacent to an activating group) is 1. The summed E-state index contributed by atoms with van der Waals surface area (Å²) in [6, 6.07) is 27.7. The van der Waals surface area contributed by atoms with Crippen LogP contribution in [0.15, 0.2) is 131 Å². The van der Waals surface area contributed by atoms with Gasteiger partial charge in [0, 0.05) is 110 Å². The first-order valence-electron chi connectivity index (χ1n) is 24.7. The largest absolute Gasteiger partial charge is 0.331 e. The molecule has 78 heavy (non-hydrogen) atoms. The summed E-state index contributed by atoms with van der Waals surface area (Å²) in [5.74, 6) is -0.737. The van der Waals surface area contributed by atoms with Gasteiger partial charge in [0.1, 0.15) is 23.3 Å².